The van der Waals surface area contributed by atoms with Gasteiger partial charge in [-0.25, -0.2) is 9.59 Å². The minimum atomic E-state index is -1.29. The number of nitrogens with one attached hydrogen (secondary N) is 2. The number of aliphatic carboxylic acids is 1. The summed E-state index contributed by atoms with van der Waals surface area (Å²) in [4.78, 5) is 36.6. The van der Waals surface area contributed by atoms with Gasteiger partial charge in [-0.3, -0.25) is 4.79 Å². The van der Waals surface area contributed by atoms with Crippen molar-refractivity contribution in [2.24, 2.45) is 5.41 Å². The molecule has 114 valence electrons. The molecule has 0 radical (unpaired) electrons. The van der Waals surface area contributed by atoms with Gasteiger partial charge in [0.1, 0.15) is 5.54 Å². The molecule has 0 aromatic rings. The summed E-state index contributed by atoms with van der Waals surface area (Å²) in [5.74, 6) is -1.18. The van der Waals surface area contributed by atoms with Crippen molar-refractivity contribution in [3.05, 3.63) is 0 Å². The normalized spacial score (nSPS) is 24.9. The summed E-state index contributed by atoms with van der Waals surface area (Å²) in [6.07, 6.45) is 0.852. The van der Waals surface area contributed by atoms with Crippen molar-refractivity contribution in [3.8, 4) is 0 Å². The minimum absolute atomic E-state index is 0.107. The Morgan fingerprint density at radius 3 is 2.45 bits per heavy atom. The van der Waals surface area contributed by atoms with E-state index in [1.807, 2.05) is 0 Å². The zero-order valence-corrected chi connectivity index (χ0v) is 12.4. The molecular weight excluding hydrogens is 262 g/mol. The van der Waals surface area contributed by atoms with Crippen LogP contribution in [0.1, 0.15) is 33.6 Å². The molecule has 1 fully saturated rings. The van der Waals surface area contributed by atoms with E-state index >= 15 is 0 Å². The number of nitrogens with zero attached hydrogens (tertiary/aromatic N) is 1. The third-order valence-electron chi connectivity index (χ3n) is 4.10. The summed E-state index contributed by atoms with van der Waals surface area (Å²) in [5, 5.41) is 14.3. The van der Waals surface area contributed by atoms with E-state index < -0.39 is 23.0 Å². The van der Waals surface area contributed by atoms with Gasteiger partial charge in [-0.05, 0) is 26.7 Å². The van der Waals surface area contributed by atoms with Crippen molar-refractivity contribution in [1.82, 2.24) is 15.5 Å². The largest absolute Gasteiger partial charge is 0.480 e. The summed E-state index contributed by atoms with van der Waals surface area (Å²) >= 11 is 0. The predicted octanol–water partition coefficient (Wildman–Crippen LogP) is 0.407. The third-order valence-corrected chi connectivity index (χ3v) is 4.10. The Kier molecular flexibility index (Phi) is 4.62. The molecule has 1 saturated heterocycles. The van der Waals surface area contributed by atoms with Crippen LogP contribution < -0.4 is 10.6 Å². The SMILES string of the molecule is CCC(C)(NC(=O)N1CCC(C)(C(=O)NC)C1)C(=O)O. The van der Waals surface area contributed by atoms with Crippen molar-refractivity contribution in [2.75, 3.05) is 20.1 Å². The third kappa shape index (κ3) is 3.02. The number of amides is 3. The number of carboxylic acid groups (broad SMARTS) is 1. The fourth-order valence-electron chi connectivity index (χ4n) is 2.23. The number of carbonyl (C=O) groups excluding carboxylic acids is 2. The van der Waals surface area contributed by atoms with Crippen molar-refractivity contribution in [2.45, 2.75) is 39.2 Å². The maximum atomic E-state index is 12.1. The smallest absolute Gasteiger partial charge is 0.329 e. The lowest BCUT2D eigenvalue weighted by Crippen LogP contribution is -2.55. The van der Waals surface area contributed by atoms with Crippen molar-refractivity contribution >= 4 is 17.9 Å². The van der Waals surface area contributed by atoms with Gasteiger partial charge >= 0.3 is 12.0 Å². The standard InChI is InChI=1S/C13H23N3O4/c1-5-13(3,10(18)19)15-11(20)16-7-6-12(2,8-16)9(17)14-4/h5-8H2,1-4H3,(H,14,17)(H,15,20)(H,18,19). The second kappa shape index (κ2) is 5.68. The van der Waals surface area contributed by atoms with E-state index in [0.717, 1.165) is 0 Å². The Morgan fingerprint density at radius 2 is 2.00 bits per heavy atom. The minimum Gasteiger partial charge on any atom is -0.480 e. The summed E-state index contributed by atoms with van der Waals surface area (Å²) < 4.78 is 0. The lowest BCUT2D eigenvalue weighted by Gasteiger charge is -2.29. The van der Waals surface area contributed by atoms with Crippen molar-refractivity contribution in [1.29, 1.82) is 0 Å². The molecule has 7 nitrogen and oxygen atoms in total. The lowest BCUT2D eigenvalue weighted by atomic mass is 9.89. The van der Waals surface area contributed by atoms with Gasteiger partial charge in [0.25, 0.3) is 0 Å². The molecular formula is C13H23N3O4. The summed E-state index contributed by atoms with van der Waals surface area (Å²) in [7, 11) is 1.56. The first kappa shape index (κ1) is 16.3. The van der Waals surface area contributed by atoms with E-state index in [0.29, 0.717) is 13.0 Å². The first-order valence-corrected chi connectivity index (χ1v) is 6.71. The number of urea groups is 1. The van der Waals surface area contributed by atoms with E-state index in [1.165, 1.54) is 11.8 Å². The fraction of sp³-hybridized carbons (Fsp3) is 0.769. The van der Waals surface area contributed by atoms with Crippen LogP contribution in [-0.4, -0.2) is 53.6 Å². The quantitative estimate of drug-likeness (QED) is 0.696. The van der Waals surface area contributed by atoms with Gasteiger partial charge in [-0.2, -0.15) is 0 Å². The van der Waals surface area contributed by atoms with Crippen LogP contribution in [0.3, 0.4) is 0 Å². The first-order chi connectivity index (χ1) is 9.18. The van der Waals surface area contributed by atoms with Crippen LogP contribution in [0.2, 0.25) is 0 Å². The van der Waals surface area contributed by atoms with Gasteiger partial charge < -0.3 is 20.6 Å². The second-order valence-electron chi connectivity index (χ2n) is 5.73. The van der Waals surface area contributed by atoms with E-state index in [9.17, 15) is 14.4 Å². The molecule has 1 rings (SSSR count). The topological polar surface area (TPSA) is 98.7 Å². The van der Waals surface area contributed by atoms with Crippen molar-refractivity contribution in [3.63, 3.8) is 0 Å². The Labute approximate surface area is 118 Å². The fourth-order valence-corrected chi connectivity index (χ4v) is 2.23. The molecule has 2 unspecified atom stereocenters. The number of hydrogen-bond donors (Lipinski definition) is 3. The molecule has 1 heterocycles. The average Bonchev–Trinajstić information content (AvgIpc) is 2.81. The van der Waals surface area contributed by atoms with Gasteiger partial charge in [0, 0.05) is 20.1 Å². The Hall–Kier alpha value is -1.79. The Morgan fingerprint density at radius 1 is 1.40 bits per heavy atom. The molecule has 0 saturated carbocycles. The number of carbonyl (C=O) groups is 3. The summed E-state index contributed by atoms with van der Waals surface area (Å²) in [5.41, 5.74) is -1.90. The van der Waals surface area contributed by atoms with Gasteiger partial charge in [-0.1, -0.05) is 6.92 Å². The molecule has 3 N–H and O–H groups in total. The van der Waals surface area contributed by atoms with E-state index in [2.05, 4.69) is 10.6 Å². The molecule has 0 bridgehead atoms. The molecule has 1 aliphatic rings. The molecule has 2 atom stereocenters. The summed E-state index contributed by atoms with van der Waals surface area (Å²) in [6, 6.07) is -0.440. The van der Waals surface area contributed by atoms with Crippen LogP contribution in [0.4, 0.5) is 4.79 Å². The maximum absolute atomic E-state index is 12.1. The predicted molar refractivity (Wildman–Crippen MR) is 73.2 cm³/mol. The molecule has 1 aliphatic heterocycles. The monoisotopic (exact) mass is 285 g/mol. The van der Waals surface area contributed by atoms with Gasteiger partial charge in [0.15, 0.2) is 0 Å². The molecule has 0 aliphatic carbocycles. The molecule has 0 aromatic carbocycles. The van der Waals surface area contributed by atoms with Crippen LogP contribution in [0, 0.1) is 5.41 Å². The lowest BCUT2D eigenvalue weighted by molar-refractivity contribution is -0.144. The highest BCUT2D eigenvalue weighted by molar-refractivity contribution is 5.87. The molecule has 20 heavy (non-hydrogen) atoms. The number of hydrogen-bond acceptors (Lipinski definition) is 3. The number of carboxylic acids is 1. The highest BCUT2D eigenvalue weighted by Crippen LogP contribution is 2.30. The zero-order valence-electron chi connectivity index (χ0n) is 12.4. The van der Waals surface area contributed by atoms with Gasteiger partial charge in [0.2, 0.25) is 5.91 Å². The summed E-state index contributed by atoms with van der Waals surface area (Å²) in [6.45, 7) is 5.71. The number of likely N-dealkylation sites (tertiary alicyclic amines) is 1. The van der Waals surface area contributed by atoms with Crippen molar-refractivity contribution < 1.29 is 19.5 Å². The average molecular weight is 285 g/mol. The van der Waals surface area contributed by atoms with Crippen LogP contribution >= 0.6 is 0 Å². The van der Waals surface area contributed by atoms with Gasteiger partial charge in [0.05, 0.1) is 5.41 Å². The van der Waals surface area contributed by atoms with Gasteiger partial charge in [-0.15, -0.1) is 0 Å². The molecule has 0 aromatic heterocycles. The van der Waals surface area contributed by atoms with Crippen LogP contribution in [-0.2, 0) is 9.59 Å². The van der Waals surface area contributed by atoms with Crippen LogP contribution in [0.5, 0.6) is 0 Å². The van der Waals surface area contributed by atoms with E-state index in [4.69, 9.17) is 5.11 Å². The molecule has 7 heteroatoms. The molecule has 3 amide bonds. The Bertz CT molecular complexity index is 426. The highest BCUT2D eigenvalue weighted by Gasteiger charge is 2.43. The van der Waals surface area contributed by atoms with E-state index in [1.54, 1.807) is 20.9 Å². The number of rotatable bonds is 4. The second-order valence-corrected chi connectivity index (χ2v) is 5.73. The van der Waals surface area contributed by atoms with E-state index in [-0.39, 0.29) is 18.9 Å². The molecule has 0 spiro atoms. The zero-order chi connectivity index (χ0) is 15.6. The maximum Gasteiger partial charge on any atom is 0.329 e. The highest BCUT2D eigenvalue weighted by atomic mass is 16.4. The Balaban J connectivity index is 2.72. The van der Waals surface area contributed by atoms with Crippen LogP contribution in [0.15, 0.2) is 0 Å². The van der Waals surface area contributed by atoms with Crippen LogP contribution in [0.25, 0.3) is 0 Å². The first-order valence-electron chi connectivity index (χ1n) is 6.71.